The van der Waals surface area contributed by atoms with E-state index >= 15 is 22.0 Å². The summed E-state index contributed by atoms with van der Waals surface area (Å²) in [7, 11) is 1.78. The van der Waals surface area contributed by atoms with Gasteiger partial charge in [-0.1, -0.05) is 12.1 Å². The summed E-state index contributed by atoms with van der Waals surface area (Å²) in [5.41, 5.74) is 9.30. The van der Waals surface area contributed by atoms with E-state index in [2.05, 4.69) is 15.0 Å². The Labute approximate surface area is 296 Å². The molecular weight excluding hydrogens is 710 g/mol. The highest BCUT2D eigenvalue weighted by Gasteiger charge is 2.44. The molecule has 0 spiro atoms. The first kappa shape index (κ1) is 35.1. The number of likely N-dealkylation sites (N-methyl/N-ethyl adjacent to an activating group) is 1. The number of nitrogens with two attached hydrogens (primary N) is 2. The van der Waals surface area contributed by atoms with Crippen LogP contribution in [0.5, 0.6) is 11.8 Å². The monoisotopic (exact) mass is 740 g/mol. The van der Waals surface area contributed by atoms with E-state index in [1.54, 1.807) is 37.9 Å². The van der Waals surface area contributed by atoms with Crippen LogP contribution in [0.25, 0.3) is 32.1 Å². The zero-order chi connectivity index (χ0) is 37.2. The number of fused-ring (bicyclic) bond motifs is 1. The van der Waals surface area contributed by atoms with Crippen molar-refractivity contribution in [1.29, 1.82) is 5.26 Å². The summed E-state index contributed by atoms with van der Waals surface area (Å²) in [5, 5.41) is 9.07. The minimum atomic E-state index is -5.24. The van der Waals surface area contributed by atoms with E-state index in [1.165, 1.54) is 6.20 Å². The number of hydrogen-bond acceptors (Lipinski definition) is 11. The number of benzene rings is 2. The lowest BCUT2D eigenvalue weighted by Crippen LogP contribution is -2.39. The molecule has 0 saturated carbocycles. The van der Waals surface area contributed by atoms with Gasteiger partial charge in [-0.25, -0.2) is 18.2 Å². The number of aromatic nitrogens is 3. The van der Waals surface area contributed by atoms with Crippen molar-refractivity contribution in [2.45, 2.75) is 44.6 Å². The van der Waals surface area contributed by atoms with Crippen LogP contribution in [0.15, 0.2) is 42.4 Å². The first-order valence-corrected chi connectivity index (χ1v) is 16.9. The molecule has 5 aromatic rings. The van der Waals surface area contributed by atoms with Crippen molar-refractivity contribution in [2.24, 2.45) is 0 Å². The van der Waals surface area contributed by atoms with Gasteiger partial charge in [0.05, 0.1) is 40.6 Å². The van der Waals surface area contributed by atoms with Crippen molar-refractivity contribution in [2.75, 3.05) is 43.1 Å². The molecule has 52 heavy (non-hydrogen) atoms. The van der Waals surface area contributed by atoms with Gasteiger partial charge in [0.1, 0.15) is 58.1 Å². The lowest BCUT2D eigenvalue weighted by atomic mass is 9.91. The van der Waals surface area contributed by atoms with Crippen LogP contribution in [0.4, 0.5) is 43.0 Å². The zero-order valence-corrected chi connectivity index (χ0v) is 28.7. The highest BCUT2D eigenvalue weighted by Crippen LogP contribution is 2.54. The van der Waals surface area contributed by atoms with Crippen LogP contribution in [0.1, 0.15) is 43.0 Å². The molecule has 270 valence electrons. The van der Waals surface area contributed by atoms with Gasteiger partial charge < -0.3 is 25.8 Å². The third-order valence-corrected chi connectivity index (χ3v) is 10.6. The Kier molecular flexibility index (Phi) is 8.78. The largest absolute Gasteiger partial charge is 0.490 e. The average Bonchev–Trinajstić information content (AvgIpc) is 3.59. The molecule has 2 aromatic carbocycles. The fourth-order valence-corrected chi connectivity index (χ4v) is 8.22. The van der Waals surface area contributed by atoms with Gasteiger partial charge >= 0.3 is 12.2 Å². The summed E-state index contributed by atoms with van der Waals surface area (Å²) >= 11 is 0.657. The van der Waals surface area contributed by atoms with Crippen LogP contribution in [-0.4, -0.2) is 58.7 Å². The van der Waals surface area contributed by atoms with E-state index in [0.29, 0.717) is 41.8 Å². The molecule has 0 aliphatic carbocycles. The molecule has 1 saturated heterocycles. The SMILES string of the molecule is CC(Oc1nc2c3c(c(C(F)(F)F)c(-c4ccc(F)c5sc(N)c(C#N)c45)c(F)c3n1)OCCN2[C@H](C)c1cccnc1N)C1/C(=C/F)CCN1C. The Morgan fingerprint density at radius 2 is 1.90 bits per heavy atom. The number of nitrogen functional groups attached to an aromatic ring is 2. The number of nitrogens with zero attached hydrogens (tertiary/aromatic N) is 6. The Hall–Kier alpha value is -5.34. The number of nitriles is 1. The number of ether oxygens (including phenoxy) is 2. The third-order valence-electron chi connectivity index (χ3n) is 9.61. The number of pyridine rings is 1. The second-order valence-corrected chi connectivity index (χ2v) is 13.6. The molecule has 0 bridgehead atoms. The summed E-state index contributed by atoms with van der Waals surface area (Å²) in [6, 6.07) is 5.40. The van der Waals surface area contributed by atoms with Crippen LogP contribution in [0.3, 0.4) is 0 Å². The maximum absolute atomic E-state index is 17.4. The molecule has 2 aliphatic rings. The lowest BCUT2D eigenvalue weighted by Gasteiger charge is -2.31. The molecule has 2 aliphatic heterocycles. The number of hydrogen-bond donors (Lipinski definition) is 2. The molecule has 2 unspecified atom stereocenters. The first-order chi connectivity index (χ1) is 24.8. The highest BCUT2D eigenvalue weighted by atomic mass is 32.1. The maximum Gasteiger partial charge on any atom is 0.420 e. The van der Waals surface area contributed by atoms with Crippen molar-refractivity contribution in [1.82, 2.24) is 19.9 Å². The van der Waals surface area contributed by atoms with E-state index in [1.807, 2.05) is 11.0 Å². The number of likely N-dealkylation sites (tertiary alicyclic amines) is 1. The molecule has 3 atom stereocenters. The van der Waals surface area contributed by atoms with Gasteiger partial charge in [0.15, 0.2) is 5.82 Å². The molecule has 0 radical (unpaired) electrons. The fourth-order valence-electron chi connectivity index (χ4n) is 7.27. The van der Waals surface area contributed by atoms with Gasteiger partial charge in [-0.2, -0.15) is 28.4 Å². The second kappa shape index (κ2) is 13.0. The topological polar surface area (TPSA) is 139 Å². The number of thiophene rings is 1. The molecular formula is C35H30F6N8O2S. The van der Waals surface area contributed by atoms with Crippen molar-refractivity contribution in [3.8, 4) is 29.0 Å². The van der Waals surface area contributed by atoms with Crippen molar-refractivity contribution in [3.63, 3.8) is 0 Å². The second-order valence-electron chi connectivity index (χ2n) is 12.6. The molecule has 1 fully saturated rings. The predicted octanol–water partition coefficient (Wildman–Crippen LogP) is 7.52. The van der Waals surface area contributed by atoms with Crippen molar-refractivity contribution < 1.29 is 35.8 Å². The minimum Gasteiger partial charge on any atom is -0.490 e. The van der Waals surface area contributed by atoms with E-state index < -0.39 is 75.4 Å². The van der Waals surface area contributed by atoms with Crippen LogP contribution in [-0.2, 0) is 6.18 Å². The molecule has 5 heterocycles. The van der Waals surface area contributed by atoms with Gasteiger partial charge in [0.2, 0.25) is 0 Å². The van der Waals surface area contributed by atoms with E-state index in [9.17, 15) is 9.65 Å². The zero-order valence-electron chi connectivity index (χ0n) is 27.9. The maximum atomic E-state index is 17.4. The molecule has 0 amide bonds. The summed E-state index contributed by atoms with van der Waals surface area (Å²) in [6.45, 7) is 3.57. The average molecular weight is 741 g/mol. The fraction of sp³-hybridized carbons (Fsp3) is 0.314. The van der Waals surface area contributed by atoms with Gasteiger partial charge in [0.25, 0.3) is 0 Å². The number of anilines is 3. The Balaban J connectivity index is 1.56. The van der Waals surface area contributed by atoms with Crippen molar-refractivity contribution in [3.05, 3.63) is 70.7 Å². The van der Waals surface area contributed by atoms with Gasteiger partial charge in [-0.3, -0.25) is 4.90 Å². The Bertz CT molecular complexity index is 2320. The molecule has 10 nitrogen and oxygen atoms in total. The Morgan fingerprint density at radius 3 is 2.60 bits per heavy atom. The summed E-state index contributed by atoms with van der Waals surface area (Å²) in [5.74, 6) is -3.05. The molecule has 17 heteroatoms. The van der Waals surface area contributed by atoms with E-state index in [0.717, 1.165) is 12.1 Å². The van der Waals surface area contributed by atoms with Gasteiger partial charge in [0, 0.05) is 29.3 Å². The summed E-state index contributed by atoms with van der Waals surface area (Å²) in [6.07, 6.45) is -3.60. The smallest absolute Gasteiger partial charge is 0.420 e. The quantitative estimate of drug-likeness (QED) is 0.168. The molecule has 7 rings (SSSR count). The predicted molar refractivity (Wildman–Crippen MR) is 185 cm³/mol. The van der Waals surface area contributed by atoms with E-state index in [4.69, 9.17) is 20.9 Å². The van der Waals surface area contributed by atoms with Crippen LogP contribution >= 0.6 is 11.3 Å². The lowest BCUT2D eigenvalue weighted by molar-refractivity contribution is -0.138. The normalized spacial score (nSPS) is 18.4. The first-order valence-electron chi connectivity index (χ1n) is 16.1. The van der Waals surface area contributed by atoms with Crippen LogP contribution in [0, 0.1) is 23.0 Å². The number of halogens is 6. The van der Waals surface area contributed by atoms with Crippen LogP contribution in [0.2, 0.25) is 0 Å². The third kappa shape index (κ3) is 5.57. The number of rotatable bonds is 6. The summed E-state index contributed by atoms with van der Waals surface area (Å²) in [4.78, 5) is 16.5. The Morgan fingerprint density at radius 1 is 1.13 bits per heavy atom. The van der Waals surface area contributed by atoms with E-state index in [-0.39, 0.29) is 45.4 Å². The number of alkyl halides is 3. The minimum absolute atomic E-state index is 0.0416. The standard InChI is InChI=1S/C35H30F6N8O2S/c1-15(18-5-4-9-45-31(18)43)49-11-12-50-29-24-27(46-34(47-33(24)49)51-16(2)28-17(13-36)8-10-48(28)3)26(38)23(25(29)35(39,40)41)19-6-7-21(37)30-22(19)20(14-42)32(44)52-30/h4-7,9,13,15-16,28H,8,10-12,44H2,1-3H3,(H2,43,45)/b17-13+/t15-,16?,28?/m1/s1. The molecule has 4 N–H and O–H groups in total. The molecule has 3 aromatic heterocycles. The van der Waals surface area contributed by atoms with Gasteiger partial charge in [-0.15, -0.1) is 11.3 Å². The van der Waals surface area contributed by atoms with Crippen molar-refractivity contribution >= 4 is 49.0 Å². The highest BCUT2D eigenvalue weighted by molar-refractivity contribution is 7.23. The van der Waals surface area contributed by atoms with Gasteiger partial charge in [-0.05, 0) is 50.6 Å². The summed E-state index contributed by atoms with van der Waals surface area (Å²) < 4.78 is 104. The van der Waals surface area contributed by atoms with Crippen LogP contribution < -0.4 is 25.8 Å².